The molecule has 0 saturated heterocycles. The molecule has 1 aromatic heterocycles. The van der Waals surface area contributed by atoms with E-state index >= 15 is 0 Å². The first-order valence-corrected chi connectivity index (χ1v) is 16.0. The van der Waals surface area contributed by atoms with Gasteiger partial charge in [-0.3, -0.25) is 4.57 Å². The van der Waals surface area contributed by atoms with Gasteiger partial charge < -0.3 is 4.90 Å². The van der Waals surface area contributed by atoms with Gasteiger partial charge in [-0.1, -0.05) is 42.1 Å². The molecule has 0 radical (unpaired) electrons. The average molecular weight is 521 g/mol. The molecule has 0 fully saturated rings. The number of aromatic nitrogens is 3. The van der Waals surface area contributed by atoms with Crippen molar-refractivity contribution in [3.8, 4) is 5.69 Å². The summed E-state index contributed by atoms with van der Waals surface area (Å²) in [6.45, 7) is 3.01. The topological polar surface area (TPSA) is 102 Å². The van der Waals surface area contributed by atoms with E-state index in [-0.39, 0.29) is 17.4 Å². The first kappa shape index (κ1) is 24.7. The highest BCUT2D eigenvalue weighted by molar-refractivity contribution is 8.00. The minimum absolute atomic E-state index is 0.0548. The quantitative estimate of drug-likeness (QED) is 0.397. The molecule has 2 aromatic carbocycles. The van der Waals surface area contributed by atoms with Crippen LogP contribution in [0.15, 0.2) is 53.7 Å². The Labute approximate surface area is 205 Å². The number of aryl methyl sites for hydroxylation is 1. The minimum Gasteiger partial charge on any atom is -0.369 e. The smallest absolute Gasteiger partial charge is 0.195 e. The number of sulfone groups is 2. The molecule has 0 unspecified atom stereocenters. The maximum atomic E-state index is 11.8. The van der Waals surface area contributed by atoms with Crippen LogP contribution in [0.4, 0.5) is 5.69 Å². The fourth-order valence-electron chi connectivity index (χ4n) is 4.09. The number of hydrogen-bond acceptors (Lipinski definition) is 8. The molecule has 8 nitrogen and oxygen atoms in total. The van der Waals surface area contributed by atoms with Gasteiger partial charge >= 0.3 is 0 Å². The number of thioether (sulfide) groups is 1. The summed E-state index contributed by atoms with van der Waals surface area (Å²) in [5, 5.41) is 9.63. The van der Waals surface area contributed by atoms with Crippen molar-refractivity contribution in [2.24, 2.45) is 0 Å². The van der Waals surface area contributed by atoms with E-state index in [1.54, 1.807) is 0 Å². The Balaban J connectivity index is 1.73. The van der Waals surface area contributed by atoms with E-state index in [0.29, 0.717) is 24.0 Å². The van der Waals surface area contributed by atoms with Crippen molar-refractivity contribution in [2.45, 2.75) is 18.0 Å². The molecule has 1 aliphatic heterocycles. The van der Waals surface area contributed by atoms with Gasteiger partial charge in [-0.25, -0.2) is 16.8 Å². The largest absolute Gasteiger partial charge is 0.369 e. The normalized spacial score (nSPS) is 16.1. The SMILES string of the molecule is Cc1cccc(-n2c(SCCS(C)(=O)=O)nnc2[C@H]2CN(CCS(C)(=O)=O)c3ccccc32)c1. The Morgan fingerprint density at radius 1 is 0.971 bits per heavy atom. The lowest BCUT2D eigenvalue weighted by Crippen LogP contribution is -2.28. The van der Waals surface area contributed by atoms with Crippen molar-refractivity contribution >= 4 is 37.1 Å². The highest BCUT2D eigenvalue weighted by Gasteiger charge is 2.34. The van der Waals surface area contributed by atoms with Gasteiger partial charge in [-0.05, 0) is 36.2 Å². The molecule has 0 spiro atoms. The fraction of sp³-hybridized carbons (Fsp3) is 0.391. The highest BCUT2D eigenvalue weighted by atomic mass is 32.2. The Kier molecular flexibility index (Phi) is 7.07. The second kappa shape index (κ2) is 9.71. The number of para-hydroxylation sites is 1. The molecule has 1 atom stereocenters. The van der Waals surface area contributed by atoms with Gasteiger partial charge in [0, 0.05) is 42.7 Å². The predicted octanol–water partition coefficient (Wildman–Crippen LogP) is 2.71. The Bertz CT molecular complexity index is 1400. The van der Waals surface area contributed by atoms with E-state index in [1.165, 1.54) is 24.3 Å². The Hall–Kier alpha value is -2.37. The lowest BCUT2D eigenvalue weighted by atomic mass is 10.0. The number of nitrogens with zero attached hydrogens (tertiary/aromatic N) is 4. The first-order chi connectivity index (χ1) is 16.0. The van der Waals surface area contributed by atoms with E-state index in [0.717, 1.165) is 28.3 Å². The van der Waals surface area contributed by atoms with Crippen LogP contribution in [0.5, 0.6) is 0 Å². The molecular formula is C23H28N4O4S3. The molecule has 34 heavy (non-hydrogen) atoms. The summed E-state index contributed by atoms with van der Waals surface area (Å²) in [7, 11) is -6.18. The number of rotatable bonds is 9. The molecule has 4 rings (SSSR count). The third kappa shape index (κ3) is 5.81. The zero-order valence-electron chi connectivity index (χ0n) is 19.4. The molecule has 0 amide bonds. The zero-order valence-corrected chi connectivity index (χ0v) is 21.8. The summed E-state index contributed by atoms with van der Waals surface area (Å²) in [4.78, 5) is 2.09. The summed E-state index contributed by atoms with van der Waals surface area (Å²) in [5.41, 5.74) is 4.07. The van der Waals surface area contributed by atoms with Gasteiger partial charge in [0.25, 0.3) is 0 Å². The summed E-state index contributed by atoms with van der Waals surface area (Å²) < 4.78 is 48.9. The van der Waals surface area contributed by atoms with Crippen LogP contribution in [-0.4, -0.2) is 74.5 Å². The van der Waals surface area contributed by atoms with Crippen LogP contribution in [0.25, 0.3) is 5.69 Å². The molecule has 2 heterocycles. The van der Waals surface area contributed by atoms with Crippen molar-refractivity contribution in [1.29, 1.82) is 0 Å². The van der Waals surface area contributed by atoms with Crippen LogP contribution in [0.3, 0.4) is 0 Å². The van der Waals surface area contributed by atoms with Crippen LogP contribution < -0.4 is 4.90 Å². The van der Waals surface area contributed by atoms with E-state index in [4.69, 9.17) is 0 Å². The first-order valence-electron chi connectivity index (χ1n) is 10.9. The van der Waals surface area contributed by atoms with Gasteiger partial charge in [-0.2, -0.15) is 0 Å². The third-order valence-electron chi connectivity index (χ3n) is 5.70. The van der Waals surface area contributed by atoms with Crippen LogP contribution in [-0.2, 0) is 19.7 Å². The minimum atomic E-state index is -3.10. The van der Waals surface area contributed by atoms with Crippen molar-refractivity contribution < 1.29 is 16.8 Å². The molecule has 11 heteroatoms. The van der Waals surface area contributed by atoms with E-state index in [2.05, 4.69) is 21.2 Å². The molecule has 182 valence electrons. The second-order valence-corrected chi connectivity index (χ2v) is 14.3. The Morgan fingerprint density at radius 2 is 1.71 bits per heavy atom. The van der Waals surface area contributed by atoms with Crippen LogP contribution in [0, 0.1) is 6.92 Å². The van der Waals surface area contributed by atoms with E-state index in [9.17, 15) is 16.8 Å². The maximum Gasteiger partial charge on any atom is 0.195 e. The van der Waals surface area contributed by atoms with Crippen molar-refractivity contribution in [1.82, 2.24) is 14.8 Å². The molecule has 0 bridgehead atoms. The predicted molar refractivity (Wildman–Crippen MR) is 137 cm³/mol. The lowest BCUT2D eigenvalue weighted by Gasteiger charge is -2.19. The molecule has 0 aliphatic carbocycles. The monoisotopic (exact) mass is 520 g/mol. The summed E-state index contributed by atoms with van der Waals surface area (Å²) >= 11 is 1.37. The molecule has 1 aliphatic rings. The van der Waals surface area contributed by atoms with Gasteiger partial charge in [0.1, 0.15) is 25.5 Å². The number of anilines is 1. The summed E-state index contributed by atoms with van der Waals surface area (Å²) in [5.74, 6) is 1.16. The van der Waals surface area contributed by atoms with Gasteiger partial charge in [-0.15, -0.1) is 10.2 Å². The summed E-state index contributed by atoms with van der Waals surface area (Å²) in [6.07, 6.45) is 2.48. The average Bonchev–Trinajstić information content (AvgIpc) is 3.32. The van der Waals surface area contributed by atoms with Crippen LogP contribution >= 0.6 is 11.8 Å². The zero-order chi connectivity index (χ0) is 24.5. The fourth-order valence-corrected chi connectivity index (χ4v) is 6.80. The van der Waals surface area contributed by atoms with Crippen molar-refractivity contribution in [3.63, 3.8) is 0 Å². The standard InChI is InChI=1S/C23H28N4O4S3/c1-17-7-6-8-18(15-17)27-22(24-25-23(27)32-12-14-34(3,30)31)20-16-26(11-13-33(2,28)29)21-10-5-4-9-19(20)21/h4-10,15,20H,11-14,16H2,1-3H3/t20-/m0/s1. The van der Waals surface area contributed by atoms with Crippen LogP contribution in [0.2, 0.25) is 0 Å². The van der Waals surface area contributed by atoms with Crippen molar-refractivity contribution in [3.05, 3.63) is 65.5 Å². The van der Waals surface area contributed by atoms with Gasteiger partial charge in [0.15, 0.2) is 5.16 Å². The van der Waals surface area contributed by atoms with E-state index < -0.39 is 19.7 Å². The maximum absolute atomic E-state index is 11.8. The number of benzene rings is 2. The molecule has 0 N–H and O–H groups in total. The lowest BCUT2D eigenvalue weighted by molar-refractivity contribution is 0.599. The number of fused-ring (bicyclic) bond motifs is 1. The third-order valence-corrected chi connectivity index (χ3v) is 8.76. The van der Waals surface area contributed by atoms with Crippen molar-refractivity contribution in [2.75, 3.05) is 47.8 Å². The highest BCUT2D eigenvalue weighted by Crippen LogP contribution is 2.40. The van der Waals surface area contributed by atoms with Gasteiger partial charge in [0.05, 0.1) is 17.4 Å². The molecular weight excluding hydrogens is 492 g/mol. The second-order valence-electron chi connectivity index (χ2n) is 8.68. The summed E-state index contributed by atoms with van der Waals surface area (Å²) in [6, 6.07) is 16.0. The molecule has 0 saturated carbocycles. The van der Waals surface area contributed by atoms with E-state index in [1.807, 2.05) is 54.0 Å². The molecule has 3 aromatic rings. The Morgan fingerprint density at radius 3 is 2.41 bits per heavy atom. The number of hydrogen-bond donors (Lipinski definition) is 0. The van der Waals surface area contributed by atoms with Gasteiger partial charge in [0.2, 0.25) is 0 Å². The van der Waals surface area contributed by atoms with Crippen LogP contribution in [0.1, 0.15) is 22.9 Å².